The lowest BCUT2D eigenvalue weighted by molar-refractivity contribution is -0.118. The van der Waals surface area contributed by atoms with E-state index in [9.17, 15) is 18.0 Å². The Morgan fingerprint density at radius 1 is 1.06 bits per heavy atom. The molecule has 3 rings (SSSR count). The van der Waals surface area contributed by atoms with Crippen molar-refractivity contribution in [1.29, 1.82) is 0 Å². The molecule has 9 heteroatoms. The molecule has 0 aromatic heterocycles. The number of carbonyl (C=O) groups is 2. The summed E-state index contributed by atoms with van der Waals surface area (Å²) in [4.78, 5) is 24.0. The highest BCUT2D eigenvalue weighted by atomic mass is 32.2. The third-order valence-corrected chi connectivity index (χ3v) is 6.90. The smallest absolute Gasteiger partial charge is 0.262 e. The lowest BCUT2D eigenvalue weighted by Crippen LogP contribution is -2.35. The summed E-state index contributed by atoms with van der Waals surface area (Å²) in [6, 6.07) is 10.9. The van der Waals surface area contributed by atoms with Gasteiger partial charge in [0.15, 0.2) is 12.4 Å². The molecule has 0 bridgehead atoms. The van der Waals surface area contributed by atoms with Gasteiger partial charge in [-0.2, -0.15) is 4.31 Å². The van der Waals surface area contributed by atoms with Gasteiger partial charge in [0.1, 0.15) is 11.5 Å². The number of hydrogen-bond donors (Lipinski definition) is 1. The van der Waals surface area contributed by atoms with E-state index < -0.39 is 15.9 Å². The summed E-state index contributed by atoms with van der Waals surface area (Å²) in [6.07, 6.45) is 2.69. The first kappa shape index (κ1) is 22.8. The monoisotopic (exact) mass is 446 g/mol. The summed E-state index contributed by atoms with van der Waals surface area (Å²) in [5, 5.41) is 2.65. The zero-order chi connectivity index (χ0) is 22.4. The third-order valence-electron chi connectivity index (χ3n) is 5.01. The molecule has 0 radical (unpaired) electrons. The Balaban J connectivity index is 1.72. The lowest BCUT2D eigenvalue weighted by Gasteiger charge is -2.26. The van der Waals surface area contributed by atoms with Gasteiger partial charge in [-0.15, -0.1) is 0 Å². The van der Waals surface area contributed by atoms with Gasteiger partial charge in [-0.1, -0.05) is 18.6 Å². The number of Topliss-reactive ketones (excluding diaryl/α,β-unsaturated/α-hetero) is 1. The van der Waals surface area contributed by atoms with Crippen LogP contribution in [0.5, 0.6) is 11.5 Å². The number of sulfonamides is 1. The van der Waals surface area contributed by atoms with E-state index in [1.807, 2.05) is 0 Å². The second kappa shape index (κ2) is 9.93. The standard InChI is InChI=1S/C22H26N2O6S/c1-16(25)17-7-6-8-18(13-17)30-15-22(26)23-20-14-19(9-10-21(20)29-2)31(27,28)24-11-4-3-5-12-24/h6-10,13-14H,3-5,11-12,15H2,1-2H3,(H,23,26). The maximum Gasteiger partial charge on any atom is 0.262 e. The van der Waals surface area contributed by atoms with Gasteiger partial charge in [-0.25, -0.2) is 8.42 Å². The van der Waals surface area contributed by atoms with Crippen molar-refractivity contribution in [1.82, 2.24) is 4.31 Å². The highest BCUT2D eigenvalue weighted by Crippen LogP contribution is 2.30. The van der Waals surface area contributed by atoms with Gasteiger partial charge in [0, 0.05) is 18.7 Å². The van der Waals surface area contributed by atoms with E-state index in [-0.39, 0.29) is 23.0 Å². The minimum absolute atomic E-state index is 0.0978. The van der Waals surface area contributed by atoms with Crippen LogP contribution >= 0.6 is 0 Å². The number of rotatable bonds is 8. The molecular formula is C22H26N2O6S. The minimum Gasteiger partial charge on any atom is -0.495 e. The number of anilines is 1. The van der Waals surface area contributed by atoms with Crippen molar-refractivity contribution in [2.24, 2.45) is 0 Å². The molecule has 8 nitrogen and oxygen atoms in total. The second-order valence-corrected chi connectivity index (χ2v) is 9.19. The number of ketones is 1. The van der Waals surface area contributed by atoms with Crippen LogP contribution in [0.4, 0.5) is 5.69 Å². The molecule has 1 heterocycles. The van der Waals surface area contributed by atoms with Crippen molar-refractivity contribution in [3.05, 3.63) is 48.0 Å². The summed E-state index contributed by atoms with van der Waals surface area (Å²) >= 11 is 0. The Hall–Kier alpha value is -2.91. The molecule has 1 aliphatic heterocycles. The maximum absolute atomic E-state index is 12.9. The molecule has 1 N–H and O–H groups in total. The predicted octanol–water partition coefficient (Wildman–Crippen LogP) is 3.09. The molecule has 0 unspecified atom stereocenters. The number of benzene rings is 2. The second-order valence-electron chi connectivity index (χ2n) is 7.25. The van der Waals surface area contributed by atoms with Crippen molar-refractivity contribution >= 4 is 27.4 Å². The van der Waals surface area contributed by atoms with E-state index in [4.69, 9.17) is 9.47 Å². The summed E-state index contributed by atoms with van der Waals surface area (Å²) in [5.74, 6) is 0.131. The molecule has 166 valence electrons. The highest BCUT2D eigenvalue weighted by molar-refractivity contribution is 7.89. The molecule has 1 saturated heterocycles. The van der Waals surface area contributed by atoms with Gasteiger partial charge in [0.2, 0.25) is 10.0 Å². The van der Waals surface area contributed by atoms with Crippen molar-refractivity contribution in [3.63, 3.8) is 0 Å². The van der Waals surface area contributed by atoms with Crippen LogP contribution in [0, 0.1) is 0 Å². The predicted molar refractivity (Wildman–Crippen MR) is 116 cm³/mol. The first-order chi connectivity index (χ1) is 14.8. The van der Waals surface area contributed by atoms with E-state index >= 15 is 0 Å². The number of hydrogen-bond acceptors (Lipinski definition) is 6. The van der Waals surface area contributed by atoms with Crippen LogP contribution in [0.15, 0.2) is 47.4 Å². The summed E-state index contributed by atoms with van der Waals surface area (Å²) < 4.78 is 38.1. The van der Waals surface area contributed by atoms with Crippen LogP contribution in [0.1, 0.15) is 36.5 Å². The summed E-state index contributed by atoms with van der Waals surface area (Å²) in [7, 11) is -2.21. The average Bonchev–Trinajstić information content (AvgIpc) is 2.78. The first-order valence-corrected chi connectivity index (χ1v) is 11.5. The summed E-state index contributed by atoms with van der Waals surface area (Å²) in [6.45, 7) is 2.11. The van der Waals surface area contributed by atoms with Crippen LogP contribution in [0.25, 0.3) is 0 Å². The number of amides is 1. The largest absolute Gasteiger partial charge is 0.495 e. The molecule has 1 aliphatic rings. The van der Waals surface area contributed by atoms with Crippen LogP contribution in [-0.4, -0.2) is 51.2 Å². The van der Waals surface area contributed by atoms with Gasteiger partial charge in [-0.05, 0) is 50.1 Å². The minimum atomic E-state index is -3.65. The molecule has 1 amide bonds. The van der Waals surface area contributed by atoms with E-state index in [1.54, 1.807) is 24.3 Å². The van der Waals surface area contributed by atoms with Crippen molar-refractivity contribution < 1.29 is 27.5 Å². The quantitative estimate of drug-likeness (QED) is 0.625. The fourth-order valence-electron chi connectivity index (χ4n) is 3.34. The summed E-state index contributed by atoms with van der Waals surface area (Å²) in [5.41, 5.74) is 0.724. The Morgan fingerprint density at radius 3 is 2.48 bits per heavy atom. The zero-order valence-corrected chi connectivity index (χ0v) is 18.4. The number of methoxy groups -OCH3 is 1. The Bertz CT molecular complexity index is 1060. The lowest BCUT2D eigenvalue weighted by atomic mass is 10.1. The number of ether oxygens (including phenoxy) is 2. The maximum atomic E-state index is 12.9. The molecule has 2 aromatic rings. The van der Waals surface area contributed by atoms with Gasteiger partial charge >= 0.3 is 0 Å². The van der Waals surface area contributed by atoms with E-state index in [1.165, 1.54) is 36.5 Å². The normalized spacial score (nSPS) is 14.6. The van der Waals surface area contributed by atoms with Gasteiger partial charge < -0.3 is 14.8 Å². The van der Waals surface area contributed by atoms with Gasteiger partial charge in [0.25, 0.3) is 5.91 Å². The first-order valence-electron chi connectivity index (χ1n) is 10.0. The zero-order valence-electron chi connectivity index (χ0n) is 17.6. The topological polar surface area (TPSA) is 102 Å². The van der Waals surface area contributed by atoms with E-state index in [0.29, 0.717) is 30.2 Å². The van der Waals surface area contributed by atoms with E-state index in [2.05, 4.69) is 5.32 Å². The number of nitrogens with one attached hydrogen (secondary N) is 1. The van der Waals surface area contributed by atoms with Gasteiger partial charge in [0.05, 0.1) is 17.7 Å². The molecular weight excluding hydrogens is 420 g/mol. The fourth-order valence-corrected chi connectivity index (χ4v) is 4.88. The Kier molecular flexibility index (Phi) is 7.29. The third kappa shape index (κ3) is 5.62. The Labute approximate surface area is 182 Å². The van der Waals surface area contributed by atoms with Crippen LogP contribution in [0.3, 0.4) is 0 Å². The van der Waals surface area contributed by atoms with Crippen molar-refractivity contribution in [2.45, 2.75) is 31.1 Å². The molecule has 0 atom stereocenters. The molecule has 1 fully saturated rings. The number of carbonyl (C=O) groups excluding carboxylic acids is 2. The van der Waals surface area contributed by atoms with E-state index in [0.717, 1.165) is 19.3 Å². The fraction of sp³-hybridized carbons (Fsp3) is 0.364. The van der Waals surface area contributed by atoms with Gasteiger partial charge in [-0.3, -0.25) is 9.59 Å². The molecule has 0 aliphatic carbocycles. The molecule has 0 spiro atoms. The van der Waals surface area contributed by atoms with Crippen molar-refractivity contribution in [2.75, 3.05) is 32.1 Å². The molecule has 0 saturated carbocycles. The SMILES string of the molecule is COc1ccc(S(=O)(=O)N2CCCCC2)cc1NC(=O)COc1cccc(C(C)=O)c1. The highest BCUT2D eigenvalue weighted by Gasteiger charge is 2.27. The van der Waals surface area contributed by atoms with Crippen LogP contribution in [-0.2, 0) is 14.8 Å². The van der Waals surface area contributed by atoms with Crippen LogP contribution < -0.4 is 14.8 Å². The molecule has 31 heavy (non-hydrogen) atoms. The molecule has 2 aromatic carbocycles. The Morgan fingerprint density at radius 2 is 1.81 bits per heavy atom. The number of piperidine rings is 1. The van der Waals surface area contributed by atoms with Crippen molar-refractivity contribution in [3.8, 4) is 11.5 Å². The number of nitrogens with zero attached hydrogens (tertiary/aromatic N) is 1. The average molecular weight is 447 g/mol. The van der Waals surface area contributed by atoms with Crippen LogP contribution in [0.2, 0.25) is 0 Å².